The average Bonchev–Trinajstić information content (AvgIpc) is 3.30. The van der Waals surface area contributed by atoms with Gasteiger partial charge in [0.2, 0.25) is 11.8 Å². The molecule has 9 heteroatoms. The molecule has 1 aromatic rings. The molecule has 0 atom stereocenters. The molecule has 1 N–H and O–H groups in total. The standard InChI is InChI=1S/C20H26N4O5/c25-18(21-6-2-8-22-7-1-3-19(22)26)14-23-9-10-24(20(23)27)15-4-5-16-17(13-15)29-12-11-28-16/h4-5,13H,1-3,6-12,14H2,(H,21,25). The Kier molecular flexibility index (Phi) is 5.73. The molecule has 156 valence electrons. The third-order valence-electron chi connectivity index (χ3n) is 5.37. The van der Waals surface area contributed by atoms with Gasteiger partial charge in [0.05, 0.1) is 0 Å². The number of ether oxygens (including phenoxy) is 2. The smallest absolute Gasteiger partial charge is 0.325 e. The molecule has 4 amide bonds. The number of anilines is 1. The second kappa shape index (κ2) is 8.59. The predicted molar refractivity (Wildman–Crippen MR) is 105 cm³/mol. The van der Waals surface area contributed by atoms with Gasteiger partial charge in [-0.15, -0.1) is 0 Å². The maximum absolute atomic E-state index is 12.7. The van der Waals surface area contributed by atoms with E-state index in [0.29, 0.717) is 57.3 Å². The highest BCUT2D eigenvalue weighted by molar-refractivity contribution is 5.96. The van der Waals surface area contributed by atoms with E-state index in [2.05, 4.69) is 5.32 Å². The minimum atomic E-state index is -0.195. The Balaban J connectivity index is 1.23. The van der Waals surface area contributed by atoms with Gasteiger partial charge in [-0.2, -0.15) is 0 Å². The van der Waals surface area contributed by atoms with E-state index in [1.807, 2.05) is 11.0 Å². The van der Waals surface area contributed by atoms with Crippen LogP contribution in [-0.4, -0.2) is 80.1 Å². The number of carbonyl (C=O) groups is 3. The predicted octanol–water partition coefficient (Wildman–Crippen LogP) is 0.828. The number of hydrogen-bond acceptors (Lipinski definition) is 5. The molecule has 29 heavy (non-hydrogen) atoms. The number of nitrogens with one attached hydrogen (secondary N) is 1. The molecule has 0 unspecified atom stereocenters. The second-order valence-corrected chi connectivity index (χ2v) is 7.37. The summed E-state index contributed by atoms with van der Waals surface area (Å²) in [7, 11) is 0. The maximum Gasteiger partial charge on any atom is 0.325 e. The van der Waals surface area contributed by atoms with Crippen LogP contribution in [-0.2, 0) is 9.59 Å². The Morgan fingerprint density at radius 2 is 1.86 bits per heavy atom. The topological polar surface area (TPSA) is 91.4 Å². The Bertz CT molecular complexity index is 799. The normalized spacial score (nSPS) is 18.6. The Morgan fingerprint density at radius 3 is 2.66 bits per heavy atom. The average molecular weight is 402 g/mol. The second-order valence-electron chi connectivity index (χ2n) is 7.37. The zero-order chi connectivity index (χ0) is 20.2. The van der Waals surface area contributed by atoms with Crippen molar-refractivity contribution in [1.82, 2.24) is 15.1 Å². The van der Waals surface area contributed by atoms with Gasteiger partial charge in [0, 0.05) is 50.9 Å². The van der Waals surface area contributed by atoms with Crippen molar-refractivity contribution < 1.29 is 23.9 Å². The van der Waals surface area contributed by atoms with Crippen LogP contribution in [0.25, 0.3) is 0 Å². The molecule has 3 heterocycles. The number of benzene rings is 1. The number of hydrogen-bond donors (Lipinski definition) is 1. The van der Waals surface area contributed by atoms with Crippen molar-refractivity contribution in [1.29, 1.82) is 0 Å². The minimum Gasteiger partial charge on any atom is -0.486 e. The lowest BCUT2D eigenvalue weighted by Crippen LogP contribution is -2.40. The van der Waals surface area contributed by atoms with Gasteiger partial charge in [-0.05, 0) is 25.0 Å². The molecule has 9 nitrogen and oxygen atoms in total. The summed E-state index contributed by atoms with van der Waals surface area (Å²) in [4.78, 5) is 41.5. The Hall–Kier alpha value is -2.97. The largest absolute Gasteiger partial charge is 0.486 e. The van der Waals surface area contributed by atoms with E-state index in [4.69, 9.17) is 9.47 Å². The van der Waals surface area contributed by atoms with Gasteiger partial charge < -0.3 is 24.6 Å². The quantitative estimate of drug-likeness (QED) is 0.682. The van der Waals surface area contributed by atoms with E-state index in [1.165, 1.54) is 4.90 Å². The number of urea groups is 1. The lowest BCUT2D eigenvalue weighted by atomic mass is 10.2. The first-order chi connectivity index (χ1) is 14.1. The highest BCUT2D eigenvalue weighted by Gasteiger charge is 2.31. The molecule has 1 aromatic carbocycles. The van der Waals surface area contributed by atoms with Gasteiger partial charge >= 0.3 is 6.03 Å². The van der Waals surface area contributed by atoms with Crippen molar-refractivity contribution in [2.75, 3.05) is 57.4 Å². The molecule has 0 spiro atoms. The van der Waals surface area contributed by atoms with Crippen molar-refractivity contribution in [2.24, 2.45) is 0 Å². The molecule has 0 radical (unpaired) electrons. The van der Waals surface area contributed by atoms with Crippen molar-refractivity contribution in [2.45, 2.75) is 19.3 Å². The van der Waals surface area contributed by atoms with Crippen LogP contribution in [0.3, 0.4) is 0 Å². The zero-order valence-corrected chi connectivity index (χ0v) is 16.4. The number of carbonyl (C=O) groups excluding carboxylic acids is 3. The van der Waals surface area contributed by atoms with E-state index < -0.39 is 0 Å². The summed E-state index contributed by atoms with van der Waals surface area (Å²) in [5.74, 6) is 1.32. The Labute approximate surface area is 169 Å². The van der Waals surface area contributed by atoms with Crippen LogP contribution in [0.15, 0.2) is 18.2 Å². The first-order valence-electron chi connectivity index (χ1n) is 10.1. The van der Waals surface area contributed by atoms with Gasteiger partial charge in [-0.1, -0.05) is 0 Å². The number of nitrogens with zero attached hydrogens (tertiary/aromatic N) is 3. The number of likely N-dealkylation sites (tertiary alicyclic amines) is 1. The van der Waals surface area contributed by atoms with Crippen LogP contribution in [0.1, 0.15) is 19.3 Å². The van der Waals surface area contributed by atoms with Crippen LogP contribution in [0.2, 0.25) is 0 Å². The summed E-state index contributed by atoms with van der Waals surface area (Å²) in [5.41, 5.74) is 0.734. The van der Waals surface area contributed by atoms with Crippen molar-refractivity contribution in [3.8, 4) is 11.5 Å². The van der Waals surface area contributed by atoms with Crippen LogP contribution in [0.5, 0.6) is 11.5 Å². The molecule has 0 saturated carbocycles. The zero-order valence-electron chi connectivity index (χ0n) is 16.4. The molecule has 0 bridgehead atoms. The first-order valence-corrected chi connectivity index (χ1v) is 10.1. The highest BCUT2D eigenvalue weighted by atomic mass is 16.6. The SMILES string of the molecule is O=C(CN1CCN(c2ccc3c(c2)OCCO3)C1=O)NCCCN1CCCC1=O. The summed E-state index contributed by atoms with van der Waals surface area (Å²) < 4.78 is 11.1. The van der Waals surface area contributed by atoms with Crippen LogP contribution in [0, 0.1) is 0 Å². The fourth-order valence-electron chi connectivity index (χ4n) is 3.84. The summed E-state index contributed by atoms with van der Waals surface area (Å²) in [6.07, 6.45) is 2.26. The van der Waals surface area contributed by atoms with Gasteiger partial charge in [-0.3, -0.25) is 14.5 Å². The maximum atomic E-state index is 12.7. The molecule has 4 rings (SSSR count). The highest BCUT2D eigenvalue weighted by Crippen LogP contribution is 2.34. The fraction of sp³-hybridized carbons (Fsp3) is 0.550. The van der Waals surface area contributed by atoms with Gasteiger partial charge in [0.25, 0.3) is 0 Å². The third kappa shape index (κ3) is 4.38. The number of amides is 4. The molecule has 2 saturated heterocycles. The molecule has 3 aliphatic heterocycles. The van der Waals surface area contributed by atoms with Gasteiger partial charge in [0.15, 0.2) is 11.5 Å². The van der Waals surface area contributed by atoms with E-state index in [0.717, 1.165) is 25.1 Å². The molecular weight excluding hydrogens is 376 g/mol. The number of rotatable bonds is 7. The van der Waals surface area contributed by atoms with Crippen LogP contribution in [0.4, 0.5) is 10.5 Å². The van der Waals surface area contributed by atoms with Crippen LogP contribution < -0.4 is 19.7 Å². The lowest BCUT2D eigenvalue weighted by molar-refractivity contribution is -0.127. The third-order valence-corrected chi connectivity index (χ3v) is 5.37. The minimum absolute atomic E-state index is 0.0303. The van der Waals surface area contributed by atoms with Crippen molar-refractivity contribution in [3.05, 3.63) is 18.2 Å². The van der Waals surface area contributed by atoms with E-state index in [1.54, 1.807) is 17.0 Å². The summed E-state index contributed by atoms with van der Waals surface area (Å²) in [5, 5.41) is 2.84. The summed E-state index contributed by atoms with van der Waals surface area (Å²) >= 11 is 0. The fourth-order valence-corrected chi connectivity index (χ4v) is 3.84. The molecule has 0 aliphatic carbocycles. The monoisotopic (exact) mass is 402 g/mol. The molecule has 2 fully saturated rings. The van der Waals surface area contributed by atoms with E-state index in [9.17, 15) is 14.4 Å². The van der Waals surface area contributed by atoms with Crippen molar-refractivity contribution in [3.63, 3.8) is 0 Å². The van der Waals surface area contributed by atoms with E-state index >= 15 is 0 Å². The molecule has 0 aromatic heterocycles. The van der Waals surface area contributed by atoms with Gasteiger partial charge in [0.1, 0.15) is 19.8 Å². The van der Waals surface area contributed by atoms with Crippen LogP contribution >= 0.6 is 0 Å². The summed E-state index contributed by atoms with van der Waals surface area (Å²) in [6.45, 7) is 4.02. The Morgan fingerprint density at radius 1 is 1.03 bits per heavy atom. The summed E-state index contributed by atoms with van der Waals surface area (Å²) in [6, 6.07) is 5.24. The molecular formula is C20H26N4O5. The number of fused-ring (bicyclic) bond motifs is 1. The molecule has 3 aliphatic rings. The van der Waals surface area contributed by atoms with Gasteiger partial charge in [-0.25, -0.2) is 4.79 Å². The van der Waals surface area contributed by atoms with E-state index in [-0.39, 0.29) is 24.4 Å². The lowest BCUT2D eigenvalue weighted by Gasteiger charge is -2.22. The van der Waals surface area contributed by atoms with Crippen molar-refractivity contribution >= 4 is 23.5 Å². The first kappa shape index (κ1) is 19.4.